The molecule has 0 aliphatic rings. The van der Waals surface area contributed by atoms with E-state index in [2.05, 4.69) is 15.0 Å². The Morgan fingerprint density at radius 1 is 0.818 bits per heavy atom. The summed E-state index contributed by atoms with van der Waals surface area (Å²) in [5, 5.41) is -0.0743. The summed E-state index contributed by atoms with van der Waals surface area (Å²) in [7, 11) is -3.66. The lowest BCUT2D eigenvalue weighted by Crippen LogP contribution is -2.11. The molecule has 9 nitrogen and oxygen atoms in total. The number of aromatic nitrogens is 3. The maximum atomic E-state index is 12.8. The van der Waals surface area contributed by atoms with E-state index in [1.165, 1.54) is 0 Å². The van der Waals surface area contributed by atoms with Gasteiger partial charge in [0.05, 0.1) is 19.8 Å². The third-order valence-electron chi connectivity index (χ3n) is 4.42. The molecule has 0 bridgehead atoms. The number of aryl methyl sites for hydroxylation is 3. The van der Waals surface area contributed by atoms with E-state index in [-0.39, 0.29) is 30.5 Å². The first-order valence-electron chi connectivity index (χ1n) is 11.1. The molecule has 184 valence electrons. The molecular formula is C22H33ClN3O6P. The number of nitrogens with zero attached hydrogens (tertiary/aromatic N) is 3. The summed E-state index contributed by atoms with van der Waals surface area (Å²) in [4.78, 5) is 12.1. The summed E-state index contributed by atoms with van der Waals surface area (Å²) < 4.78 is 40.3. The molecule has 0 amide bonds. The first kappa shape index (κ1) is 27.5. The number of rotatable bonds is 15. The molecule has 0 radical (unpaired) electrons. The Morgan fingerprint density at radius 3 is 1.94 bits per heavy atom. The summed E-state index contributed by atoms with van der Waals surface area (Å²) >= 11 is 6.01. The van der Waals surface area contributed by atoms with Gasteiger partial charge in [0, 0.05) is 0 Å². The standard InChI is InChI=1S/C22H33ClN3O6P/c1-6-8-10-29-33(27,30-11-9-7-2)31-13-12-28-21-24-20(23)25-22(26-21)32-19-17(4)14-16(3)15-18(19)5/h14-15H,6-13H2,1-5H3. The van der Waals surface area contributed by atoms with E-state index in [9.17, 15) is 4.57 Å². The number of phosphoric acid groups is 1. The van der Waals surface area contributed by atoms with Crippen LogP contribution in [0.3, 0.4) is 0 Å². The van der Waals surface area contributed by atoms with Crippen molar-refractivity contribution in [3.05, 3.63) is 34.1 Å². The van der Waals surface area contributed by atoms with Crippen molar-refractivity contribution in [2.24, 2.45) is 0 Å². The zero-order valence-corrected chi connectivity index (χ0v) is 21.6. The Kier molecular flexibility index (Phi) is 11.5. The second kappa shape index (κ2) is 13.8. The predicted octanol–water partition coefficient (Wildman–Crippen LogP) is 6.38. The second-order valence-electron chi connectivity index (χ2n) is 7.50. The van der Waals surface area contributed by atoms with Crippen LogP contribution in [0.5, 0.6) is 17.8 Å². The van der Waals surface area contributed by atoms with Gasteiger partial charge in [0.2, 0.25) is 5.28 Å². The lowest BCUT2D eigenvalue weighted by Gasteiger charge is -2.18. The summed E-state index contributed by atoms with van der Waals surface area (Å²) in [6.07, 6.45) is 3.33. The molecule has 2 rings (SSSR count). The van der Waals surface area contributed by atoms with Gasteiger partial charge in [-0.1, -0.05) is 44.4 Å². The van der Waals surface area contributed by atoms with Gasteiger partial charge in [-0.25, -0.2) is 4.57 Å². The van der Waals surface area contributed by atoms with Crippen LogP contribution in [0.25, 0.3) is 0 Å². The first-order valence-corrected chi connectivity index (χ1v) is 12.9. The van der Waals surface area contributed by atoms with Crippen molar-refractivity contribution in [3.63, 3.8) is 0 Å². The van der Waals surface area contributed by atoms with Gasteiger partial charge in [-0.2, -0.15) is 9.97 Å². The highest BCUT2D eigenvalue weighted by molar-refractivity contribution is 7.48. The topological polar surface area (TPSA) is 102 Å². The average molecular weight is 502 g/mol. The molecule has 1 aromatic carbocycles. The van der Waals surface area contributed by atoms with E-state index in [4.69, 9.17) is 34.6 Å². The monoisotopic (exact) mass is 501 g/mol. The highest BCUT2D eigenvalue weighted by atomic mass is 35.5. The quantitative estimate of drug-likeness (QED) is 0.203. The molecule has 0 unspecified atom stereocenters. The highest BCUT2D eigenvalue weighted by Crippen LogP contribution is 2.49. The van der Waals surface area contributed by atoms with Crippen LogP contribution in [-0.4, -0.2) is 41.4 Å². The van der Waals surface area contributed by atoms with Crippen LogP contribution in [0.15, 0.2) is 12.1 Å². The van der Waals surface area contributed by atoms with E-state index in [0.29, 0.717) is 19.0 Å². The summed E-state index contributed by atoms with van der Waals surface area (Å²) in [5.74, 6) is 0.645. The Balaban J connectivity index is 1.96. The van der Waals surface area contributed by atoms with E-state index >= 15 is 0 Å². The summed E-state index contributed by atoms with van der Waals surface area (Å²) in [5.41, 5.74) is 3.02. The molecule has 2 aromatic rings. The molecule has 0 aliphatic heterocycles. The second-order valence-corrected chi connectivity index (χ2v) is 9.51. The number of unbranched alkanes of at least 4 members (excludes halogenated alkanes) is 2. The van der Waals surface area contributed by atoms with Crippen molar-refractivity contribution in [3.8, 4) is 17.8 Å². The van der Waals surface area contributed by atoms with Crippen LogP contribution in [0.4, 0.5) is 0 Å². The Bertz CT molecular complexity index is 909. The van der Waals surface area contributed by atoms with Gasteiger partial charge in [-0.3, -0.25) is 13.6 Å². The van der Waals surface area contributed by atoms with Crippen molar-refractivity contribution in [2.75, 3.05) is 26.4 Å². The van der Waals surface area contributed by atoms with E-state index in [0.717, 1.165) is 42.4 Å². The van der Waals surface area contributed by atoms with Crippen molar-refractivity contribution in [2.45, 2.75) is 60.3 Å². The molecule has 0 atom stereocenters. The molecule has 0 saturated carbocycles. The highest BCUT2D eigenvalue weighted by Gasteiger charge is 2.26. The normalized spacial score (nSPS) is 11.6. The molecular weight excluding hydrogens is 469 g/mol. The maximum Gasteiger partial charge on any atom is 0.474 e. The number of hydrogen-bond donors (Lipinski definition) is 0. The Hall–Kier alpha value is -1.77. The first-order chi connectivity index (χ1) is 15.8. The van der Waals surface area contributed by atoms with Crippen LogP contribution >= 0.6 is 19.4 Å². The zero-order valence-electron chi connectivity index (χ0n) is 19.9. The van der Waals surface area contributed by atoms with Crippen molar-refractivity contribution >= 4 is 19.4 Å². The lowest BCUT2D eigenvalue weighted by molar-refractivity contribution is 0.0962. The molecule has 0 saturated heterocycles. The fraction of sp³-hybridized carbons (Fsp3) is 0.591. The smallest absolute Gasteiger partial charge is 0.461 e. The van der Waals surface area contributed by atoms with Crippen molar-refractivity contribution < 1.29 is 27.6 Å². The van der Waals surface area contributed by atoms with Crippen LogP contribution in [-0.2, 0) is 18.1 Å². The van der Waals surface area contributed by atoms with Crippen molar-refractivity contribution in [1.29, 1.82) is 0 Å². The van der Waals surface area contributed by atoms with Gasteiger partial charge in [0.25, 0.3) is 0 Å². The van der Waals surface area contributed by atoms with E-state index < -0.39 is 7.82 Å². The molecule has 1 aromatic heterocycles. The SMILES string of the molecule is CCCCOP(=O)(OCCCC)OCCOc1nc(Cl)nc(Oc2c(C)cc(C)cc2C)n1. The molecule has 0 aliphatic carbocycles. The maximum absolute atomic E-state index is 12.8. The van der Waals surface area contributed by atoms with Gasteiger partial charge >= 0.3 is 19.8 Å². The third kappa shape index (κ3) is 9.55. The Labute approximate surface area is 200 Å². The molecule has 33 heavy (non-hydrogen) atoms. The Morgan fingerprint density at radius 2 is 1.36 bits per heavy atom. The number of ether oxygens (including phenoxy) is 2. The molecule has 0 spiro atoms. The van der Waals surface area contributed by atoms with Crippen LogP contribution < -0.4 is 9.47 Å². The van der Waals surface area contributed by atoms with E-state index in [1.54, 1.807) is 0 Å². The third-order valence-corrected chi connectivity index (χ3v) is 6.09. The van der Waals surface area contributed by atoms with Gasteiger partial charge in [-0.05, 0) is 56.3 Å². The average Bonchev–Trinajstić information content (AvgIpc) is 2.74. The number of halogens is 1. The lowest BCUT2D eigenvalue weighted by atomic mass is 10.1. The molecule has 11 heteroatoms. The minimum absolute atomic E-state index is 0.000630. The van der Waals surface area contributed by atoms with Crippen molar-refractivity contribution in [1.82, 2.24) is 15.0 Å². The van der Waals surface area contributed by atoms with Crippen LogP contribution in [0.1, 0.15) is 56.2 Å². The number of phosphoric ester groups is 1. The summed E-state index contributed by atoms with van der Waals surface area (Å²) in [6.45, 7) is 10.5. The predicted molar refractivity (Wildman–Crippen MR) is 126 cm³/mol. The molecule has 0 fully saturated rings. The van der Waals surface area contributed by atoms with E-state index in [1.807, 2.05) is 46.8 Å². The summed E-state index contributed by atoms with van der Waals surface area (Å²) in [6, 6.07) is 3.98. The fourth-order valence-corrected chi connectivity index (χ4v) is 4.25. The number of hydrogen-bond acceptors (Lipinski definition) is 9. The van der Waals surface area contributed by atoms with Crippen LogP contribution in [0.2, 0.25) is 5.28 Å². The van der Waals surface area contributed by atoms with Gasteiger partial charge in [0.1, 0.15) is 12.4 Å². The van der Waals surface area contributed by atoms with Gasteiger partial charge in [0.15, 0.2) is 0 Å². The minimum atomic E-state index is -3.66. The zero-order chi connectivity index (χ0) is 24.3. The van der Waals surface area contributed by atoms with Gasteiger partial charge < -0.3 is 9.47 Å². The fourth-order valence-electron chi connectivity index (χ4n) is 2.88. The number of benzene rings is 1. The minimum Gasteiger partial charge on any atom is -0.461 e. The van der Waals surface area contributed by atoms with Crippen LogP contribution in [0, 0.1) is 20.8 Å². The molecule has 0 N–H and O–H groups in total. The largest absolute Gasteiger partial charge is 0.474 e. The molecule has 1 heterocycles. The van der Waals surface area contributed by atoms with Gasteiger partial charge in [-0.15, -0.1) is 4.98 Å².